The molecular formula is C16H22O2. The smallest absolute Gasteiger partial charge is 0.186 e. The zero-order chi connectivity index (χ0) is 14.0. The molecule has 0 aromatic carbocycles. The number of rotatable bonds is 3. The zero-order valence-corrected chi connectivity index (χ0v) is 12.2. The normalized spacial score (nSPS) is 19.8. The number of hydrogen-bond donors (Lipinski definition) is 0. The van der Waals surface area contributed by atoms with Gasteiger partial charge in [0.05, 0.1) is 0 Å². The highest BCUT2D eigenvalue weighted by Crippen LogP contribution is 2.30. The molecule has 0 amide bonds. The predicted molar refractivity (Wildman–Crippen MR) is 74.3 cm³/mol. The molecule has 1 aliphatic rings. The van der Waals surface area contributed by atoms with Crippen LogP contribution < -0.4 is 0 Å². The summed E-state index contributed by atoms with van der Waals surface area (Å²) in [6.07, 6.45) is 3.05. The first-order valence-corrected chi connectivity index (χ1v) is 6.46. The van der Waals surface area contributed by atoms with E-state index in [2.05, 4.69) is 19.9 Å². The van der Waals surface area contributed by atoms with Crippen LogP contribution in [0.2, 0.25) is 0 Å². The third-order valence-corrected chi connectivity index (χ3v) is 3.78. The molecule has 0 aromatic rings. The average molecular weight is 246 g/mol. The summed E-state index contributed by atoms with van der Waals surface area (Å²) < 4.78 is 0. The molecule has 0 spiro atoms. The molecule has 1 rings (SSSR count). The first-order valence-electron chi connectivity index (χ1n) is 6.46. The molecule has 1 aliphatic carbocycles. The lowest BCUT2D eigenvalue weighted by Gasteiger charge is -2.22. The third kappa shape index (κ3) is 2.53. The monoisotopic (exact) mass is 246 g/mol. The highest BCUT2D eigenvalue weighted by Gasteiger charge is 2.29. The molecule has 0 bridgehead atoms. The minimum atomic E-state index is 0.00412. The largest absolute Gasteiger partial charge is 0.289 e. The first-order chi connectivity index (χ1) is 8.31. The molecule has 0 saturated carbocycles. The lowest BCUT2D eigenvalue weighted by molar-refractivity contribution is -0.116. The van der Waals surface area contributed by atoms with Gasteiger partial charge in [0.25, 0.3) is 0 Å². The average Bonchev–Trinajstić information content (AvgIpc) is 2.34. The summed E-state index contributed by atoms with van der Waals surface area (Å²) in [7, 11) is 0. The van der Waals surface area contributed by atoms with Gasteiger partial charge in [0.2, 0.25) is 0 Å². The van der Waals surface area contributed by atoms with Crippen molar-refractivity contribution in [3.63, 3.8) is 0 Å². The van der Waals surface area contributed by atoms with Gasteiger partial charge in [-0.3, -0.25) is 9.59 Å². The van der Waals surface area contributed by atoms with Crippen molar-refractivity contribution in [2.24, 2.45) is 5.92 Å². The molecule has 1 unspecified atom stereocenters. The fourth-order valence-electron chi connectivity index (χ4n) is 2.29. The van der Waals surface area contributed by atoms with E-state index < -0.39 is 0 Å². The second kappa shape index (κ2) is 5.47. The number of Topliss-reactive ketones (excluding diaryl/α,β-unsaturated/α-hetero) is 2. The van der Waals surface area contributed by atoms with E-state index in [0.717, 1.165) is 6.42 Å². The van der Waals surface area contributed by atoms with Crippen LogP contribution in [0.15, 0.2) is 33.9 Å². The van der Waals surface area contributed by atoms with Crippen LogP contribution in [0.25, 0.3) is 0 Å². The quantitative estimate of drug-likeness (QED) is 0.561. The van der Waals surface area contributed by atoms with Crippen molar-refractivity contribution in [3.8, 4) is 0 Å². The maximum absolute atomic E-state index is 12.3. The molecule has 98 valence electrons. The van der Waals surface area contributed by atoms with Crippen LogP contribution in [0.1, 0.15) is 48.0 Å². The Balaban J connectivity index is 3.24. The Morgan fingerprint density at radius 2 is 1.56 bits per heavy atom. The minimum Gasteiger partial charge on any atom is -0.289 e. The van der Waals surface area contributed by atoms with Crippen LogP contribution in [0.4, 0.5) is 0 Å². The van der Waals surface area contributed by atoms with Gasteiger partial charge in [0.1, 0.15) is 0 Å². The first kappa shape index (κ1) is 14.6. The van der Waals surface area contributed by atoms with E-state index >= 15 is 0 Å². The molecule has 0 radical (unpaired) electrons. The van der Waals surface area contributed by atoms with E-state index in [1.165, 1.54) is 5.57 Å². The molecule has 18 heavy (non-hydrogen) atoms. The Labute approximate surface area is 109 Å². The Kier molecular flexibility index (Phi) is 4.44. The maximum Gasteiger partial charge on any atom is 0.186 e. The molecule has 0 N–H and O–H groups in total. The third-order valence-electron chi connectivity index (χ3n) is 3.78. The lowest BCUT2D eigenvalue weighted by atomic mass is 9.80. The van der Waals surface area contributed by atoms with E-state index in [0.29, 0.717) is 22.3 Å². The fourth-order valence-corrected chi connectivity index (χ4v) is 2.29. The van der Waals surface area contributed by atoms with Crippen molar-refractivity contribution in [1.29, 1.82) is 0 Å². The van der Waals surface area contributed by atoms with Crippen LogP contribution in [0.3, 0.4) is 0 Å². The van der Waals surface area contributed by atoms with Crippen molar-refractivity contribution < 1.29 is 9.59 Å². The minimum absolute atomic E-state index is 0.00412. The van der Waals surface area contributed by atoms with Crippen molar-refractivity contribution >= 4 is 11.6 Å². The van der Waals surface area contributed by atoms with Crippen LogP contribution in [0, 0.1) is 5.92 Å². The SMILES string of the molecule is CC/C(C)=C\C(C)C1=C(C)C(=O)C(C)=C(C)C1=O. The molecule has 0 heterocycles. The second-order valence-corrected chi connectivity index (χ2v) is 5.10. The van der Waals surface area contributed by atoms with Crippen molar-refractivity contribution in [2.45, 2.75) is 48.0 Å². The molecule has 2 heteroatoms. The Hall–Kier alpha value is -1.44. The molecule has 0 fully saturated rings. The van der Waals surface area contributed by atoms with Crippen molar-refractivity contribution in [3.05, 3.63) is 33.9 Å². The molecule has 0 aliphatic heterocycles. The zero-order valence-electron chi connectivity index (χ0n) is 12.2. The maximum atomic E-state index is 12.3. The van der Waals surface area contributed by atoms with Crippen LogP contribution in [-0.4, -0.2) is 11.6 Å². The number of allylic oxidation sites excluding steroid dienone is 6. The highest BCUT2D eigenvalue weighted by atomic mass is 16.1. The number of carbonyl (C=O) groups excluding carboxylic acids is 2. The molecule has 0 aromatic heterocycles. The number of hydrogen-bond acceptors (Lipinski definition) is 2. The summed E-state index contributed by atoms with van der Waals surface area (Å²) in [5.74, 6) is 0.0400. The summed E-state index contributed by atoms with van der Waals surface area (Å²) in [5, 5.41) is 0. The van der Waals surface area contributed by atoms with Crippen LogP contribution in [-0.2, 0) is 9.59 Å². The van der Waals surface area contributed by atoms with Gasteiger partial charge in [-0.15, -0.1) is 0 Å². The summed E-state index contributed by atoms with van der Waals surface area (Å²) in [6, 6.07) is 0. The Morgan fingerprint density at radius 3 is 2.06 bits per heavy atom. The van der Waals surface area contributed by atoms with Gasteiger partial charge >= 0.3 is 0 Å². The van der Waals surface area contributed by atoms with Gasteiger partial charge in [-0.25, -0.2) is 0 Å². The summed E-state index contributed by atoms with van der Waals surface area (Å²) >= 11 is 0. The van der Waals surface area contributed by atoms with Crippen LogP contribution in [0.5, 0.6) is 0 Å². The van der Waals surface area contributed by atoms with Crippen molar-refractivity contribution in [2.75, 3.05) is 0 Å². The fraction of sp³-hybridized carbons (Fsp3) is 0.500. The van der Waals surface area contributed by atoms with E-state index in [1.807, 2.05) is 6.92 Å². The second-order valence-electron chi connectivity index (χ2n) is 5.10. The lowest BCUT2D eigenvalue weighted by Crippen LogP contribution is -2.23. The predicted octanol–water partition coefficient (Wildman–Crippen LogP) is 3.78. The Bertz CT molecular complexity index is 487. The molecule has 2 nitrogen and oxygen atoms in total. The summed E-state index contributed by atoms with van der Waals surface area (Å²) in [4.78, 5) is 24.4. The van der Waals surface area contributed by atoms with Gasteiger partial charge < -0.3 is 0 Å². The number of carbonyl (C=O) groups is 2. The Morgan fingerprint density at radius 1 is 1.06 bits per heavy atom. The summed E-state index contributed by atoms with van der Waals surface area (Å²) in [6.45, 7) is 11.4. The van der Waals surface area contributed by atoms with Crippen molar-refractivity contribution in [1.82, 2.24) is 0 Å². The van der Waals surface area contributed by atoms with E-state index in [-0.39, 0.29) is 17.5 Å². The van der Waals surface area contributed by atoms with E-state index in [4.69, 9.17) is 0 Å². The molecule has 1 atom stereocenters. The standard InChI is InChI=1S/C16H22O2/c1-7-9(2)8-10(3)14-13(6)15(17)11(4)12(5)16(14)18/h8,10H,7H2,1-6H3/b9-8-. The number of ketones is 2. The van der Waals surface area contributed by atoms with E-state index in [1.54, 1.807) is 20.8 Å². The molecular weight excluding hydrogens is 224 g/mol. The van der Waals surface area contributed by atoms with Gasteiger partial charge in [-0.1, -0.05) is 25.5 Å². The van der Waals surface area contributed by atoms with Crippen LogP contribution >= 0.6 is 0 Å². The molecule has 0 saturated heterocycles. The van der Waals surface area contributed by atoms with Gasteiger partial charge in [0, 0.05) is 28.2 Å². The highest BCUT2D eigenvalue weighted by molar-refractivity contribution is 6.24. The topological polar surface area (TPSA) is 34.1 Å². The van der Waals surface area contributed by atoms with E-state index in [9.17, 15) is 9.59 Å². The van der Waals surface area contributed by atoms with Gasteiger partial charge in [0.15, 0.2) is 11.6 Å². The van der Waals surface area contributed by atoms with Gasteiger partial charge in [-0.05, 0) is 34.1 Å². The summed E-state index contributed by atoms with van der Waals surface area (Å²) in [5.41, 5.74) is 3.69. The van der Waals surface area contributed by atoms with Gasteiger partial charge in [-0.2, -0.15) is 0 Å².